The maximum absolute atomic E-state index is 13.2. The first-order valence-corrected chi connectivity index (χ1v) is 13.7. The summed E-state index contributed by atoms with van der Waals surface area (Å²) in [6.45, 7) is 3.79. The van der Waals surface area contributed by atoms with Crippen LogP contribution < -0.4 is 19.6 Å². The highest BCUT2D eigenvalue weighted by atomic mass is 32.2. The molecule has 4 aromatic rings. The molecule has 2 amide bonds. The fourth-order valence-electron chi connectivity index (χ4n) is 3.66. The van der Waals surface area contributed by atoms with Crippen LogP contribution in [0.15, 0.2) is 108 Å². The van der Waals surface area contributed by atoms with Gasteiger partial charge in [0.1, 0.15) is 10.6 Å². The average Bonchev–Trinajstić information content (AvgIpc) is 2.95. The fraction of sp³-hybridized carbons (Fsp3) is 0.0968. The van der Waals surface area contributed by atoms with E-state index in [9.17, 15) is 18.0 Å². The number of carbonyl (C=O) groups is 2. The predicted molar refractivity (Wildman–Crippen MR) is 154 cm³/mol. The standard InChI is InChI=1S/C31H28N2O6S/c1-21-9-14-25(15-10-21)32-31(35)27(33-30(34)24-7-5-4-6-8-24)19-23-13-18-28(29(20-23)38-3)39-40(36,37)26-16-11-22(2)12-17-26/h4-20H,1-3H3,(H,32,35)(H,33,34)/b27-19-. The molecule has 0 saturated carbocycles. The Morgan fingerprint density at radius 1 is 0.775 bits per heavy atom. The van der Waals surface area contributed by atoms with E-state index >= 15 is 0 Å². The Hall–Kier alpha value is -4.89. The van der Waals surface area contributed by atoms with Crippen molar-refractivity contribution in [2.24, 2.45) is 0 Å². The summed E-state index contributed by atoms with van der Waals surface area (Å²) < 4.78 is 36.3. The molecule has 8 nitrogen and oxygen atoms in total. The Morgan fingerprint density at radius 3 is 2.02 bits per heavy atom. The van der Waals surface area contributed by atoms with Crippen molar-refractivity contribution in [1.29, 1.82) is 0 Å². The molecule has 0 aliphatic carbocycles. The van der Waals surface area contributed by atoms with Crippen LogP contribution in [0.2, 0.25) is 0 Å². The summed E-state index contributed by atoms with van der Waals surface area (Å²) in [6.07, 6.45) is 1.46. The summed E-state index contributed by atoms with van der Waals surface area (Å²) in [4.78, 5) is 26.1. The number of aryl methyl sites for hydroxylation is 2. The Bertz CT molecular complexity index is 1650. The summed E-state index contributed by atoms with van der Waals surface area (Å²) in [5, 5.41) is 5.45. The topological polar surface area (TPSA) is 111 Å². The molecule has 0 aliphatic heterocycles. The second-order valence-electron chi connectivity index (χ2n) is 8.96. The van der Waals surface area contributed by atoms with E-state index in [0.717, 1.165) is 11.1 Å². The Balaban J connectivity index is 1.64. The lowest BCUT2D eigenvalue weighted by Crippen LogP contribution is -2.30. The first-order chi connectivity index (χ1) is 19.1. The summed E-state index contributed by atoms with van der Waals surface area (Å²) >= 11 is 0. The van der Waals surface area contributed by atoms with Gasteiger partial charge in [-0.3, -0.25) is 9.59 Å². The van der Waals surface area contributed by atoms with Crippen LogP contribution in [0.25, 0.3) is 6.08 Å². The molecule has 0 bridgehead atoms. The molecule has 0 aliphatic rings. The van der Waals surface area contributed by atoms with Gasteiger partial charge in [0, 0.05) is 11.3 Å². The molecule has 0 atom stereocenters. The minimum Gasteiger partial charge on any atom is -0.493 e. The van der Waals surface area contributed by atoms with Crippen molar-refractivity contribution in [3.8, 4) is 11.5 Å². The minimum absolute atomic E-state index is 0.00260. The van der Waals surface area contributed by atoms with Crippen LogP contribution >= 0.6 is 0 Å². The highest BCUT2D eigenvalue weighted by Crippen LogP contribution is 2.31. The Morgan fingerprint density at radius 2 is 1.40 bits per heavy atom. The van der Waals surface area contributed by atoms with Crippen LogP contribution in [-0.2, 0) is 14.9 Å². The van der Waals surface area contributed by atoms with Crippen molar-refractivity contribution in [3.05, 3.63) is 125 Å². The van der Waals surface area contributed by atoms with Crippen molar-refractivity contribution in [2.45, 2.75) is 18.7 Å². The summed E-state index contributed by atoms with van der Waals surface area (Å²) in [5.41, 5.74) is 3.30. The lowest BCUT2D eigenvalue weighted by Gasteiger charge is -2.13. The van der Waals surface area contributed by atoms with E-state index in [1.807, 2.05) is 26.0 Å². The SMILES string of the molecule is COc1cc(/C=C(\NC(=O)c2ccccc2)C(=O)Nc2ccc(C)cc2)ccc1OS(=O)(=O)c1ccc(C)cc1. The Labute approximate surface area is 233 Å². The molecule has 0 saturated heterocycles. The molecule has 0 spiro atoms. The molecule has 0 aromatic heterocycles. The van der Waals surface area contributed by atoms with Crippen LogP contribution in [0.3, 0.4) is 0 Å². The number of methoxy groups -OCH3 is 1. The Kier molecular flexibility index (Phi) is 8.66. The van der Waals surface area contributed by atoms with Gasteiger partial charge in [0.05, 0.1) is 7.11 Å². The summed E-state index contributed by atoms with van der Waals surface area (Å²) in [5.74, 6) is -0.923. The summed E-state index contributed by atoms with van der Waals surface area (Å²) in [6, 6.07) is 26.5. The fourth-order valence-corrected chi connectivity index (χ4v) is 4.60. The van der Waals surface area contributed by atoms with Gasteiger partial charge in [-0.2, -0.15) is 8.42 Å². The maximum Gasteiger partial charge on any atom is 0.339 e. The maximum atomic E-state index is 13.2. The third-order valence-corrected chi connectivity index (χ3v) is 7.09. The van der Waals surface area contributed by atoms with Crippen molar-refractivity contribution >= 4 is 33.7 Å². The first-order valence-electron chi connectivity index (χ1n) is 12.3. The smallest absolute Gasteiger partial charge is 0.339 e. The minimum atomic E-state index is -4.11. The lowest BCUT2D eigenvalue weighted by molar-refractivity contribution is -0.113. The highest BCUT2D eigenvalue weighted by molar-refractivity contribution is 7.87. The molecule has 0 unspecified atom stereocenters. The molecule has 0 heterocycles. The van der Waals surface area contributed by atoms with Crippen LogP contribution in [0, 0.1) is 13.8 Å². The predicted octanol–water partition coefficient (Wildman–Crippen LogP) is 5.49. The quantitative estimate of drug-likeness (QED) is 0.208. The van der Waals surface area contributed by atoms with Gasteiger partial charge in [0.25, 0.3) is 11.8 Å². The van der Waals surface area contributed by atoms with E-state index in [-0.39, 0.29) is 22.1 Å². The third kappa shape index (κ3) is 7.15. The van der Waals surface area contributed by atoms with E-state index in [4.69, 9.17) is 8.92 Å². The van der Waals surface area contributed by atoms with Crippen LogP contribution in [0.5, 0.6) is 11.5 Å². The van der Waals surface area contributed by atoms with Crippen molar-refractivity contribution in [2.75, 3.05) is 12.4 Å². The van der Waals surface area contributed by atoms with Gasteiger partial charge in [-0.1, -0.05) is 59.7 Å². The number of carbonyl (C=O) groups excluding carboxylic acids is 2. The van der Waals surface area contributed by atoms with Gasteiger partial charge >= 0.3 is 10.1 Å². The normalized spacial score (nSPS) is 11.4. The molecule has 204 valence electrons. The third-order valence-electron chi connectivity index (χ3n) is 5.85. The highest BCUT2D eigenvalue weighted by Gasteiger charge is 2.20. The van der Waals surface area contributed by atoms with Crippen LogP contribution in [-0.4, -0.2) is 27.3 Å². The molecule has 0 fully saturated rings. The van der Waals surface area contributed by atoms with Gasteiger partial charge < -0.3 is 19.6 Å². The monoisotopic (exact) mass is 556 g/mol. The van der Waals surface area contributed by atoms with E-state index in [0.29, 0.717) is 16.8 Å². The van der Waals surface area contributed by atoms with Crippen LogP contribution in [0.1, 0.15) is 27.0 Å². The number of amides is 2. The van der Waals surface area contributed by atoms with Crippen molar-refractivity contribution < 1.29 is 26.9 Å². The molecule has 2 N–H and O–H groups in total. The van der Waals surface area contributed by atoms with E-state index < -0.39 is 21.9 Å². The van der Waals surface area contributed by atoms with Crippen LogP contribution in [0.4, 0.5) is 5.69 Å². The zero-order valence-electron chi connectivity index (χ0n) is 22.2. The zero-order valence-corrected chi connectivity index (χ0v) is 23.0. The molecule has 40 heavy (non-hydrogen) atoms. The van der Waals surface area contributed by atoms with E-state index in [2.05, 4.69) is 10.6 Å². The van der Waals surface area contributed by atoms with Gasteiger partial charge in [-0.25, -0.2) is 0 Å². The lowest BCUT2D eigenvalue weighted by atomic mass is 10.1. The number of anilines is 1. The largest absolute Gasteiger partial charge is 0.493 e. The number of ether oxygens (including phenoxy) is 1. The molecule has 4 rings (SSSR count). The van der Waals surface area contributed by atoms with Gasteiger partial charge in [-0.05, 0) is 74.0 Å². The van der Waals surface area contributed by atoms with Gasteiger partial charge in [0.15, 0.2) is 11.5 Å². The molecule has 4 aromatic carbocycles. The number of rotatable bonds is 9. The molecular weight excluding hydrogens is 528 g/mol. The van der Waals surface area contributed by atoms with E-state index in [1.165, 1.54) is 37.5 Å². The van der Waals surface area contributed by atoms with Crippen molar-refractivity contribution in [3.63, 3.8) is 0 Å². The second kappa shape index (κ2) is 12.3. The number of benzene rings is 4. The average molecular weight is 557 g/mol. The van der Waals surface area contributed by atoms with E-state index in [1.54, 1.807) is 60.7 Å². The summed E-state index contributed by atoms with van der Waals surface area (Å²) in [7, 11) is -2.74. The molecule has 9 heteroatoms. The zero-order chi connectivity index (χ0) is 28.7. The number of hydrogen-bond acceptors (Lipinski definition) is 6. The number of hydrogen-bond donors (Lipinski definition) is 2. The first kappa shape index (κ1) is 28.1. The van der Waals surface area contributed by atoms with Gasteiger partial charge in [-0.15, -0.1) is 0 Å². The second-order valence-corrected chi connectivity index (χ2v) is 10.5. The van der Waals surface area contributed by atoms with Gasteiger partial charge in [0.2, 0.25) is 0 Å². The number of nitrogens with one attached hydrogen (secondary N) is 2. The molecule has 0 radical (unpaired) electrons. The van der Waals surface area contributed by atoms with Crippen molar-refractivity contribution in [1.82, 2.24) is 5.32 Å². The molecular formula is C31H28N2O6S.